The number of carbonyl (C=O) groups is 1. The van der Waals surface area contributed by atoms with Crippen LogP contribution < -0.4 is 5.32 Å². The fourth-order valence-corrected chi connectivity index (χ4v) is 2.36. The number of halogens is 1. The second-order valence-corrected chi connectivity index (χ2v) is 5.58. The molecule has 124 valence electrons. The van der Waals surface area contributed by atoms with Gasteiger partial charge in [-0.2, -0.15) is 10.4 Å². The van der Waals surface area contributed by atoms with Gasteiger partial charge >= 0.3 is 0 Å². The number of hydrogen-bond acceptors (Lipinski definition) is 4. The van der Waals surface area contributed by atoms with Crippen molar-refractivity contribution in [1.29, 1.82) is 5.26 Å². The Morgan fingerprint density at radius 1 is 1.36 bits per heavy atom. The minimum Gasteiger partial charge on any atom is -0.467 e. The first-order chi connectivity index (χ1) is 12.2. The van der Waals surface area contributed by atoms with Crippen molar-refractivity contribution in [3.05, 3.63) is 70.8 Å². The highest BCUT2D eigenvalue weighted by Gasteiger charge is 2.12. The van der Waals surface area contributed by atoms with Crippen LogP contribution in [0.4, 0.5) is 0 Å². The van der Waals surface area contributed by atoms with Gasteiger partial charge in [0.1, 0.15) is 17.4 Å². The van der Waals surface area contributed by atoms with Gasteiger partial charge in [-0.05, 0) is 30.3 Å². The third kappa shape index (κ3) is 3.97. The number of nitrogens with one attached hydrogen (secondary N) is 2. The van der Waals surface area contributed by atoms with E-state index >= 15 is 0 Å². The first-order valence-electron chi connectivity index (χ1n) is 7.39. The van der Waals surface area contributed by atoms with E-state index in [4.69, 9.17) is 16.0 Å². The molecule has 0 aliphatic heterocycles. The van der Waals surface area contributed by atoms with Crippen LogP contribution >= 0.6 is 11.6 Å². The van der Waals surface area contributed by atoms with E-state index in [0.29, 0.717) is 22.0 Å². The fourth-order valence-electron chi connectivity index (χ4n) is 2.23. The molecule has 0 aliphatic carbocycles. The Labute approximate surface area is 148 Å². The summed E-state index contributed by atoms with van der Waals surface area (Å²) in [5, 5.41) is 19.4. The Hall–Kier alpha value is -3.30. The summed E-state index contributed by atoms with van der Waals surface area (Å²) in [5.41, 5.74) is 2.15. The molecule has 6 nitrogen and oxygen atoms in total. The molecule has 25 heavy (non-hydrogen) atoms. The molecule has 1 amide bonds. The van der Waals surface area contributed by atoms with E-state index in [1.54, 1.807) is 30.5 Å². The lowest BCUT2D eigenvalue weighted by Crippen LogP contribution is -2.23. The first kappa shape index (κ1) is 16.6. The molecular formula is C18H13ClN4O2. The number of amides is 1. The Balaban J connectivity index is 1.81. The molecular weight excluding hydrogens is 340 g/mol. The zero-order valence-corrected chi connectivity index (χ0v) is 13.7. The molecule has 2 N–H and O–H groups in total. The molecule has 0 atom stereocenters. The second-order valence-electron chi connectivity index (χ2n) is 5.14. The molecule has 0 bridgehead atoms. The number of nitrogens with zero attached hydrogens (tertiary/aromatic N) is 2. The molecule has 2 aromatic heterocycles. The highest BCUT2D eigenvalue weighted by atomic mass is 35.5. The molecule has 0 saturated heterocycles. The molecule has 0 aliphatic rings. The number of aromatic amines is 1. The van der Waals surface area contributed by atoms with Crippen molar-refractivity contribution in [2.45, 2.75) is 6.54 Å². The quantitative estimate of drug-likeness (QED) is 0.542. The van der Waals surface area contributed by atoms with E-state index in [9.17, 15) is 10.1 Å². The lowest BCUT2D eigenvalue weighted by molar-refractivity contribution is -0.117. The molecule has 0 saturated carbocycles. The molecule has 3 aromatic rings. The third-order valence-corrected chi connectivity index (χ3v) is 3.72. The van der Waals surface area contributed by atoms with Gasteiger partial charge in [0.15, 0.2) is 0 Å². The minimum atomic E-state index is -0.484. The highest BCUT2D eigenvalue weighted by molar-refractivity contribution is 6.30. The van der Waals surface area contributed by atoms with Gasteiger partial charge < -0.3 is 9.73 Å². The topological polar surface area (TPSA) is 94.7 Å². The second kappa shape index (κ2) is 7.51. The predicted octanol–water partition coefficient (Wildman–Crippen LogP) is 3.55. The summed E-state index contributed by atoms with van der Waals surface area (Å²) in [6, 6.07) is 12.6. The van der Waals surface area contributed by atoms with Crippen LogP contribution in [-0.4, -0.2) is 16.1 Å². The summed E-state index contributed by atoms with van der Waals surface area (Å²) in [6.07, 6.45) is 4.57. The lowest BCUT2D eigenvalue weighted by atomic mass is 10.1. The first-order valence-corrected chi connectivity index (χ1v) is 7.77. The van der Waals surface area contributed by atoms with Crippen LogP contribution in [-0.2, 0) is 11.3 Å². The summed E-state index contributed by atoms with van der Waals surface area (Å²) < 4.78 is 5.15. The van der Waals surface area contributed by atoms with Crippen LogP contribution in [0.15, 0.2) is 58.8 Å². The van der Waals surface area contributed by atoms with E-state index < -0.39 is 5.91 Å². The van der Waals surface area contributed by atoms with Gasteiger partial charge in [-0.1, -0.05) is 23.7 Å². The zero-order chi connectivity index (χ0) is 17.6. The minimum absolute atomic E-state index is 0.0248. The number of hydrogen-bond donors (Lipinski definition) is 2. The molecule has 0 spiro atoms. The molecule has 2 heterocycles. The molecule has 7 heteroatoms. The van der Waals surface area contributed by atoms with E-state index in [-0.39, 0.29) is 12.1 Å². The van der Waals surface area contributed by atoms with Crippen LogP contribution in [0, 0.1) is 11.3 Å². The Bertz CT molecular complexity index is 934. The van der Waals surface area contributed by atoms with Gasteiger partial charge in [0.2, 0.25) is 0 Å². The SMILES string of the molecule is N#C/C(=C\c1cn[nH]c1-c1ccc(Cl)cc1)C(=O)NCc1ccco1. The molecule has 1 aromatic carbocycles. The van der Waals surface area contributed by atoms with Crippen LogP contribution in [0.2, 0.25) is 5.02 Å². The molecule has 0 unspecified atom stereocenters. The maximum Gasteiger partial charge on any atom is 0.262 e. The van der Waals surface area contributed by atoms with Crippen LogP contribution in [0.5, 0.6) is 0 Å². The maximum absolute atomic E-state index is 12.2. The van der Waals surface area contributed by atoms with Crippen molar-refractivity contribution in [2.24, 2.45) is 0 Å². The smallest absolute Gasteiger partial charge is 0.262 e. The van der Waals surface area contributed by atoms with Gasteiger partial charge in [0.05, 0.1) is 24.7 Å². The fraction of sp³-hybridized carbons (Fsp3) is 0.0556. The summed E-state index contributed by atoms with van der Waals surface area (Å²) >= 11 is 5.90. The van der Waals surface area contributed by atoms with E-state index in [1.165, 1.54) is 12.3 Å². The summed E-state index contributed by atoms with van der Waals surface area (Å²) in [6.45, 7) is 0.209. The Kier molecular flexibility index (Phi) is 4.97. The number of aromatic nitrogens is 2. The van der Waals surface area contributed by atoms with E-state index in [1.807, 2.05) is 18.2 Å². The molecule has 3 rings (SSSR count). The van der Waals surface area contributed by atoms with Crippen molar-refractivity contribution in [1.82, 2.24) is 15.5 Å². The largest absolute Gasteiger partial charge is 0.467 e. The van der Waals surface area contributed by atoms with Gasteiger partial charge in [-0.15, -0.1) is 0 Å². The standard InChI is InChI=1S/C18H13ClN4O2/c19-15-5-3-12(4-6-15)17-14(10-22-23-17)8-13(9-20)18(24)21-11-16-2-1-7-25-16/h1-8,10H,11H2,(H,21,24)(H,22,23)/b13-8+. The van der Waals surface area contributed by atoms with Crippen LogP contribution in [0.1, 0.15) is 11.3 Å². The third-order valence-electron chi connectivity index (χ3n) is 3.47. The Morgan fingerprint density at radius 2 is 2.16 bits per heavy atom. The van der Waals surface area contributed by atoms with E-state index in [0.717, 1.165) is 5.56 Å². The molecule has 0 radical (unpaired) electrons. The summed E-state index contributed by atoms with van der Waals surface area (Å²) in [4.78, 5) is 12.2. The van der Waals surface area contributed by atoms with Gasteiger partial charge in [0.25, 0.3) is 5.91 Å². The average molecular weight is 353 g/mol. The molecule has 0 fully saturated rings. The monoisotopic (exact) mass is 352 g/mol. The summed E-state index contributed by atoms with van der Waals surface area (Å²) in [7, 11) is 0. The lowest BCUT2D eigenvalue weighted by Gasteiger charge is -2.03. The number of furan rings is 1. The number of nitriles is 1. The van der Waals surface area contributed by atoms with Gasteiger partial charge in [0, 0.05) is 16.1 Å². The summed E-state index contributed by atoms with van der Waals surface area (Å²) in [5.74, 6) is 0.123. The van der Waals surface area contributed by atoms with Crippen molar-refractivity contribution < 1.29 is 9.21 Å². The Morgan fingerprint density at radius 3 is 2.84 bits per heavy atom. The van der Waals surface area contributed by atoms with Crippen molar-refractivity contribution >= 4 is 23.6 Å². The van der Waals surface area contributed by atoms with Crippen molar-refractivity contribution in [3.63, 3.8) is 0 Å². The number of benzene rings is 1. The van der Waals surface area contributed by atoms with E-state index in [2.05, 4.69) is 15.5 Å². The van der Waals surface area contributed by atoms with Gasteiger partial charge in [-0.3, -0.25) is 9.89 Å². The van der Waals surface area contributed by atoms with Gasteiger partial charge in [-0.25, -0.2) is 0 Å². The van der Waals surface area contributed by atoms with Crippen LogP contribution in [0.25, 0.3) is 17.3 Å². The zero-order valence-electron chi connectivity index (χ0n) is 13.0. The van der Waals surface area contributed by atoms with Crippen molar-refractivity contribution in [3.8, 4) is 17.3 Å². The average Bonchev–Trinajstić information content (AvgIpc) is 3.30. The predicted molar refractivity (Wildman–Crippen MR) is 93.2 cm³/mol. The van der Waals surface area contributed by atoms with Crippen molar-refractivity contribution in [2.75, 3.05) is 0 Å². The van der Waals surface area contributed by atoms with Crippen LogP contribution in [0.3, 0.4) is 0 Å². The number of carbonyl (C=O) groups excluding carboxylic acids is 1. The number of H-pyrrole nitrogens is 1. The highest BCUT2D eigenvalue weighted by Crippen LogP contribution is 2.24. The number of rotatable bonds is 5. The maximum atomic E-state index is 12.2. The normalized spacial score (nSPS) is 11.1.